The van der Waals surface area contributed by atoms with Gasteiger partial charge in [0, 0.05) is 30.6 Å². The zero-order valence-electron chi connectivity index (χ0n) is 20.2. The van der Waals surface area contributed by atoms with E-state index < -0.39 is 5.97 Å². The van der Waals surface area contributed by atoms with Gasteiger partial charge in [0.25, 0.3) is 0 Å². The number of hydrogen-bond donors (Lipinski definition) is 2. The number of carbonyl (C=O) groups excluding carboxylic acids is 2. The standard InChI is InChI=1S/C25H30O3.C4H6O2/c1-4-5-6-7-20-8-12-22(13-9-20)23-14-10-21(11-15-23)18-24(16-17-26)28-25(27)19(2)3;1-4(2-5)3-6/h4-5,8-15,24,26H,2,6-7,16-18H2,1,3H3;2,6H,1,3H2/b5-4+;. The summed E-state index contributed by atoms with van der Waals surface area (Å²) in [4.78, 5) is 21.2. The van der Waals surface area contributed by atoms with Gasteiger partial charge in [-0.3, -0.25) is 4.79 Å². The van der Waals surface area contributed by atoms with Crippen molar-refractivity contribution in [2.75, 3.05) is 13.2 Å². The number of rotatable bonds is 12. The average molecular weight is 465 g/mol. The SMILES string of the molecule is C=C(C)C(=O)OC(CCO)Cc1ccc(-c2ccc(CC/C=C/C)cc2)cc1.C=C(C=O)CO. The van der Waals surface area contributed by atoms with Gasteiger partial charge < -0.3 is 14.9 Å². The van der Waals surface area contributed by atoms with Crippen LogP contribution in [-0.2, 0) is 27.2 Å². The van der Waals surface area contributed by atoms with Gasteiger partial charge in [0.2, 0.25) is 0 Å². The van der Waals surface area contributed by atoms with Gasteiger partial charge in [-0.25, -0.2) is 4.79 Å². The Kier molecular flexibility index (Phi) is 13.8. The van der Waals surface area contributed by atoms with Crippen molar-refractivity contribution in [3.05, 3.63) is 96.1 Å². The molecule has 0 aliphatic heterocycles. The molecule has 0 aliphatic rings. The highest BCUT2D eigenvalue weighted by atomic mass is 16.5. The van der Waals surface area contributed by atoms with E-state index in [2.05, 4.69) is 61.7 Å². The lowest BCUT2D eigenvalue weighted by Crippen LogP contribution is -2.22. The topological polar surface area (TPSA) is 83.8 Å². The highest BCUT2D eigenvalue weighted by Crippen LogP contribution is 2.22. The predicted octanol–water partition coefficient (Wildman–Crippen LogP) is 5.01. The largest absolute Gasteiger partial charge is 0.459 e. The third-order valence-corrected chi connectivity index (χ3v) is 4.98. The van der Waals surface area contributed by atoms with E-state index in [1.54, 1.807) is 6.92 Å². The molecule has 0 saturated carbocycles. The van der Waals surface area contributed by atoms with Crippen molar-refractivity contribution in [3.8, 4) is 11.1 Å². The van der Waals surface area contributed by atoms with Gasteiger partial charge in [0.1, 0.15) is 12.4 Å². The Morgan fingerprint density at radius 1 is 1.00 bits per heavy atom. The van der Waals surface area contributed by atoms with Crippen molar-refractivity contribution < 1.29 is 24.5 Å². The molecule has 0 aliphatic carbocycles. The maximum Gasteiger partial charge on any atom is 0.333 e. The summed E-state index contributed by atoms with van der Waals surface area (Å²) in [5.41, 5.74) is 5.33. The Morgan fingerprint density at radius 3 is 1.97 bits per heavy atom. The first kappa shape index (κ1) is 28.8. The summed E-state index contributed by atoms with van der Waals surface area (Å²) in [6.45, 7) is 10.2. The third kappa shape index (κ3) is 11.0. The molecule has 0 heterocycles. The number of aliphatic hydroxyl groups is 2. The van der Waals surface area contributed by atoms with E-state index in [4.69, 9.17) is 9.84 Å². The molecule has 0 aromatic heterocycles. The summed E-state index contributed by atoms with van der Waals surface area (Å²) in [5, 5.41) is 17.2. The summed E-state index contributed by atoms with van der Waals surface area (Å²) in [6, 6.07) is 16.9. The van der Waals surface area contributed by atoms with Gasteiger partial charge in [-0.15, -0.1) is 0 Å². The molecule has 34 heavy (non-hydrogen) atoms. The second-order valence-corrected chi connectivity index (χ2v) is 7.96. The molecular formula is C29H36O5. The van der Waals surface area contributed by atoms with Crippen LogP contribution in [0.5, 0.6) is 0 Å². The van der Waals surface area contributed by atoms with Crippen molar-refractivity contribution in [2.24, 2.45) is 0 Å². The normalized spacial score (nSPS) is 11.3. The molecular weight excluding hydrogens is 428 g/mol. The zero-order chi connectivity index (χ0) is 25.3. The van der Waals surface area contributed by atoms with E-state index in [-0.39, 0.29) is 24.9 Å². The summed E-state index contributed by atoms with van der Waals surface area (Å²) < 4.78 is 5.42. The van der Waals surface area contributed by atoms with Crippen LogP contribution in [0.4, 0.5) is 0 Å². The van der Waals surface area contributed by atoms with Gasteiger partial charge in [0.15, 0.2) is 0 Å². The first-order valence-electron chi connectivity index (χ1n) is 11.3. The van der Waals surface area contributed by atoms with Gasteiger partial charge >= 0.3 is 5.97 Å². The number of aliphatic hydroxyl groups excluding tert-OH is 2. The zero-order valence-corrected chi connectivity index (χ0v) is 20.2. The molecule has 182 valence electrons. The van der Waals surface area contributed by atoms with E-state index >= 15 is 0 Å². The van der Waals surface area contributed by atoms with Crippen LogP contribution < -0.4 is 0 Å². The van der Waals surface area contributed by atoms with Crippen molar-refractivity contribution >= 4 is 12.3 Å². The fourth-order valence-corrected chi connectivity index (χ4v) is 3.01. The second kappa shape index (κ2) is 16.4. The fraction of sp³-hybridized carbons (Fsp3) is 0.310. The van der Waals surface area contributed by atoms with Crippen molar-refractivity contribution in [3.63, 3.8) is 0 Å². The Balaban J connectivity index is 0.000000852. The number of esters is 1. The van der Waals surface area contributed by atoms with Crippen LogP contribution in [0.2, 0.25) is 0 Å². The Bertz CT molecular complexity index is 939. The first-order valence-corrected chi connectivity index (χ1v) is 11.3. The van der Waals surface area contributed by atoms with Crippen LogP contribution >= 0.6 is 0 Å². The molecule has 0 spiro atoms. The first-order chi connectivity index (χ1) is 16.3. The maximum absolute atomic E-state index is 11.8. The van der Waals surface area contributed by atoms with Gasteiger partial charge in [-0.1, -0.05) is 73.8 Å². The lowest BCUT2D eigenvalue weighted by atomic mass is 9.99. The number of aldehydes is 1. The minimum Gasteiger partial charge on any atom is -0.459 e. The van der Waals surface area contributed by atoms with E-state index in [1.807, 2.05) is 19.1 Å². The summed E-state index contributed by atoms with van der Waals surface area (Å²) in [6.07, 6.45) is 7.55. The Morgan fingerprint density at radius 2 is 1.56 bits per heavy atom. The quantitative estimate of drug-likeness (QED) is 0.200. The monoisotopic (exact) mass is 464 g/mol. The van der Waals surface area contributed by atoms with E-state index in [0.29, 0.717) is 24.7 Å². The average Bonchev–Trinajstić information content (AvgIpc) is 2.85. The van der Waals surface area contributed by atoms with E-state index in [1.165, 1.54) is 11.1 Å². The maximum atomic E-state index is 11.8. The molecule has 0 bridgehead atoms. The molecule has 5 nitrogen and oxygen atoms in total. The molecule has 0 fully saturated rings. The van der Waals surface area contributed by atoms with Crippen LogP contribution in [0, 0.1) is 0 Å². The van der Waals surface area contributed by atoms with Gasteiger partial charge in [-0.2, -0.15) is 0 Å². The predicted molar refractivity (Wildman–Crippen MR) is 137 cm³/mol. The van der Waals surface area contributed by atoms with Crippen LogP contribution in [-0.4, -0.2) is 41.8 Å². The molecule has 5 heteroatoms. The minimum atomic E-state index is -0.412. The minimum absolute atomic E-state index is 0.0212. The number of benzene rings is 2. The highest BCUT2D eigenvalue weighted by Gasteiger charge is 2.15. The molecule has 2 aromatic rings. The molecule has 0 saturated heterocycles. The third-order valence-electron chi connectivity index (χ3n) is 4.98. The molecule has 2 aromatic carbocycles. The molecule has 0 amide bonds. The van der Waals surface area contributed by atoms with Gasteiger partial charge in [0.05, 0.1) is 6.61 Å². The Hall–Kier alpha value is -3.28. The molecule has 2 N–H and O–H groups in total. The smallest absolute Gasteiger partial charge is 0.333 e. The number of ether oxygens (including phenoxy) is 1. The molecule has 0 radical (unpaired) electrons. The molecule has 1 atom stereocenters. The number of carbonyl (C=O) groups is 2. The molecule has 2 rings (SSSR count). The van der Waals surface area contributed by atoms with E-state index in [9.17, 15) is 14.7 Å². The molecule has 1 unspecified atom stereocenters. The van der Waals surface area contributed by atoms with Crippen molar-refractivity contribution in [1.82, 2.24) is 0 Å². The summed E-state index contributed by atoms with van der Waals surface area (Å²) in [7, 11) is 0. The van der Waals surface area contributed by atoms with Crippen LogP contribution in [0.1, 0.15) is 37.8 Å². The van der Waals surface area contributed by atoms with Crippen molar-refractivity contribution in [2.45, 2.75) is 45.6 Å². The van der Waals surface area contributed by atoms with Crippen LogP contribution in [0.15, 0.2) is 85.0 Å². The lowest BCUT2D eigenvalue weighted by Gasteiger charge is -2.17. The fourth-order valence-electron chi connectivity index (χ4n) is 3.01. The van der Waals surface area contributed by atoms with Crippen molar-refractivity contribution in [1.29, 1.82) is 0 Å². The summed E-state index contributed by atoms with van der Waals surface area (Å²) in [5.74, 6) is -0.412. The van der Waals surface area contributed by atoms with E-state index in [0.717, 1.165) is 24.0 Å². The summed E-state index contributed by atoms with van der Waals surface area (Å²) >= 11 is 0. The number of aryl methyl sites for hydroxylation is 1. The number of allylic oxidation sites excluding steroid dienone is 2. The highest BCUT2D eigenvalue weighted by molar-refractivity contribution is 5.87. The van der Waals surface area contributed by atoms with Crippen LogP contribution in [0.3, 0.4) is 0 Å². The second-order valence-electron chi connectivity index (χ2n) is 7.96. The Labute approximate surface area is 203 Å². The van der Waals surface area contributed by atoms with Gasteiger partial charge in [-0.05, 0) is 48.9 Å². The lowest BCUT2D eigenvalue weighted by molar-refractivity contribution is -0.144. The number of hydrogen-bond acceptors (Lipinski definition) is 5. The van der Waals surface area contributed by atoms with Crippen LogP contribution in [0.25, 0.3) is 11.1 Å².